The van der Waals surface area contributed by atoms with E-state index in [0.29, 0.717) is 31.3 Å². The minimum Gasteiger partial charge on any atom is -0.391 e. The molecule has 1 amide bonds. The van der Waals surface area contributed by atoms with Crippen molar-refractivity contribution in [1.82, 2.24) is 25.1 Å². The Balaban J connectivity index is 1.81. The summed E-state index contributed by atoms with van der Waals surface area (Å²) in [5.41, 5.74) is 0.824. The third-order valence-electron chi connectivity index (χ3n) is 3.98. The summed E-state index contributed by atoms with van der Waals surface area (Å²) in [7, 11) is 1.60. The van der Waals surface area contributed by atoms with Gasteiger partial charge in [-0.3, -0.25) is 4.79 Å². The number of carbonyl (C=O) groups is 1. The third-order valence-corrected chi connectivity index (χ3v) is 3.98. The van der Waals surface area contributed by atoms with Gasteiger partial charge in [0.15, 0.2) is 5.82 Å². The number of nitrogens with zero attached hydrogens (tertiary/aromatic N) is 5. The highest BCUT2D eigenvalue weighted by atomic mass is 16.3. The Morgan fingerprint density at radius 2 is 2.26 bits per heavy atom. The van der Waals surface area contributed by atoms with Crippen LogP contribution in [0.3, 0.4) is 0 Å². The predicted molar refractivity (Wildman–Crippen MR) is 84.3 cm³/mol. The molecule has 0 aliphatic carbocycles. The molecule has 2 aromatic rings. The van der Waals surface area contributed by atoms with Gasteiger partial charge in [0.2, 0.25) is 11.9 Å². The fraction of sp³-hybridized carbons (Fsp3) is 0.467. The molecule has 8 nitrogen and oxygen atoms in total. The van der Waals surface area contributed by atoms with Crippen molar-refractivity contribution >= 4 is 11.9 Å². The number of hydrogen-bond acceptors (Lipinski definition) is 6. The molecule has 0 saturated carbocycles. The van der Waals surface area contributed by atoms with Crippen LogP contribution in [0.5, 0.6) is 0 Å². The predicted octanol–water partition coefficient (Wildman–Crippen LogP) is -0.0961. The summed E-state index contributed by atoms with van der Waals surface area (Å²) in [5.74, 6) is 1.04. The summed E-state index contributed by atoms with van der Waals surface area (Å²) in [6.45, 7) is 2.87. The Morgan fingerprint density at radius 3 is 2.96 bits per heavy atom. The van der Waals surface area contributed by atoms with Gasteiger partial charge in [-0.05, 0) is 13.0 Å². The van der Waals surface area contributed by atoms with Gasteiger partial charge in [0.1, 0.15) is 0 Å². The highest BCUT2D eigenvalue weighted by Gasteiger charge is 2.34. The molecule has 1 saturated heterocycles. The fourth-order valence-electron chi connectivity index (χ4n) is 2.76. The second-order valence-corrected chi connectivity index (χ2v) is 5.73. The van der Waals surface area contributed by atoms with Crippen molar-refractivity contribution in [1.29, 1.82) is 0 Å². The van der Waals surface area contributed by atoms with E-state index < -0.39 is 6.10 Å². The first kappa shape index (κ1) is 15.4. The van der Waals surface area contributed by atoms with E-state index in [1.54, 1.807) is 17.9 Å². The molecule has 122 valence electrons. The molecule has 1 fully saturated rings. The van der Waals surface area contributed by atoms with E-state index in [1.165, 1.54) is 0 Å². The second kappa shape index (κ2) is 6.33. The Hall–Kier alpha value is -2.48. The molecule has 3 heterocycles. The van der Waals surface area contributed by atoms with E-state index in [1.807, 2.05) is 30.2 Å². The van der Waals surface area contributed by atoms with Gasteiger partial charge in [0, 0.05) is 56.6 Å². The molecule has 0 radical (unpaired) electrons. The molecule has 0 bridgehead atoms. The quantitative estimate of drug-likeness (QED) is 0.818. The van der Waals surface area contributed by atoms with Gasteiger partial charge < -0.3 is 15.3 Å². The molecular formula is C15H20N6O2. The number of aromatic nitrogens is 4. The number of amides is 1. The Bertz CT molecular complexity index is 687. The van der Waals surface area contributed by atoms with Crippen LogP contribution in [0.25, 0.3) is 5.82 Å². The number of β-amino-alcohol motifs (C(OH)–C–C–N with tert-alkyl or cyclic N) is 1. The number of hydrogen-bond donors (Lipinski definition) is 2. The van der Waals surface area contributed by atoms with Gasteiger partial charge in [-0.15, -0.1) is 0 Å². The van der Waals surface area contributed by atoms with E-state index >= 15 is 0 Å². The fourth-order valence-corrected chi connectivity index (χ4v) is 2.76. The highest BCUT2D eigenvalue weighted by molar-refractivity contribution is 5.76. The molecular weight excluding hydrogens is 296 g/mol. The summed E-state index contributed by atoms with van der Waals surface area (Å²) in [6.07, 6.45) is 3.24. The first-order valence-electron chi connectivity index (χ1n) is 7.56. The van der Waals surface area contributed by atoms with E-state index in [-0.39, 0.29) is 11.8 Å². The van der Waals surface area contributed by atoms with Gasteiger partial charge in [-0.25, -0.2) is 9.67 Å². The third kappa shape index (κ3) is 3.31. The molecule has 8 heteroatoms. The van der Waals surface area contributed by atoms with Crippen molar-refractivity contribution in [3.8, 4) is 5.82 Å². The summed E-state index contributed by atoms with van der Waals surface area (Å²) >= 11 is 0. The van der Waals surface area contributed by atoms with Gasteiger partial charge in [0.25, 0.3) is 0 Å². The summed E-state index contributed by atoms with van der Waals surface area (Å²) in [4.78, 5) is 22.4. The van der Waals surface area contributed by atoms with Crippen LogP contribution in [-0.4, -0.2) is 57.0 Å². The summed E-state index contributed by atoms with van der Waals surface area (Å²) < 4.78 is 1.67. The number of aliphatic hydroxyl groups excluding tert-OH is 1. The van der Waals surface area contributed by atoms with Gasteiger partial charge >= 0.3 is 0 Å². The lowest BCUT2D eigenvalue weighted by Gasteiger charge is -2.17. The van der Waals surface area contributed by atoms with Gasteiger partial charge in [-0.2, -0.15) is 10.1 Å². The highest BCUT2D eigenvalue weighted by Crippen LogP contribution is 2.24. The average molecular weight is 316 g/mol. The van der Waals surface area contributed by atoms with Crippen LogP contribution in [0.2, 0.25) is 0 Å². The maximum Gasteiger partial charge on any atom is 0.227 e. The van der Waals surface area contributed by atoms with Crippen LogP contribution in [0, 0.1) is 12.8 Å². The Morgan fingerprint density at radius 1 is 1.43 bits per heavy atom. The zero-order valence-electron chi connectivity index (χ0n) is 13.2. The molecule has 1 aliphatic heterocycles. The van der Waals surface area contributed by atoms with Crippen molar-refractivity contribution in [3.63, 3.8) is 0 Å². The lowest BCUT2D eigenvalue weighted by atomic mass is 10.0. The van der Waals surface area contributed by atoms with Crippen molar-refractivity contribution in [3.05, 3.63) is 30.2 Å². The maximum absolute atomic E-state index is 11.5. The van der Waals surface area contributed by atoms with Crippen molar-refractivity contribution < 1.29 is 9.90 Å². The zero-order valence-corrected chi connectivity index (χ0v) is 13.2. The SMILES string of the molecule is CNC(=O)C[C@@H]1CN(c2nc(C)cc(-n3cccn3)n2)C[C@H]1O. The first-order chi connectivity index (χ1) is 11.1. The molecule has 0 aromatic carbocycles. The molecule has 2 atom stereocenters. The maximum atomic E-state index is 11.5. The molecule has 23 heavy (non-hydrogen) atoms. The van der Waals surface area contributed by atoms with Crippen LogP contribution >= 0.6 is 0 Å². The number of rotatable bonds is 4. The van der Waals surface area contributed by atoms with Crippen molar-refractivity contribution in [2.24, 2.45) is 5.92 Å². The molecule has 3 rings (SSSR count). The largest absolute Gasteiger partial charge is 0.391 e. The summed E-state index contributed by atoms with van der Waals surface area (Å²) in [6, 6.07) is 3.68. The minimum atomic E-state index is -0.565. The van der Waals surface area contributed by atoms with Crippen LogP contribution < -0.4 is 10.2 Å². The molecule has 2 aromatic heterocycles. The molecule has 1 aliphatic rings. The van der Waals surface area contributed by atoms with Gasteiger partial charge in [0.05, 0.1) is 6.10 Å². The van der Waals surface area contributed by atoms with E-state index in [4.69, 9.17) is 0 Å². The number of aryl methyl sites for hydroxylation is 1. The average Bonchev–Trinajstić information content (AvgIpc) is 3.17. The Labute approximate surface area is 134 Å². The molecule has 0 unspecified atom stereocenters. The summed E-state index contributed by atoms with van der Waals surface area (Å²) in [5, 5.41) is 17.0. The lowest BCUT2D eigenvalue weighted by Crippen LogP contribution is -2.27. The number of anilines is 1. The van der Waals surface area contributed by atoms with Crippen LogP contribution in [-0.2, 0) is 4.79 Å². The van der Waals surface area contributed by atoms with E-state index in [0.717, 1.165) is 5.69 Å². The monoisotopic (exact) mass is 316 g/mol. The topological polar surface area (TPSA) is 96.2 Å². The number of aliphatic hydroxyl groups is 1. The van der Waals surface area contributed by atoms with E-state index in [2.05, 4.69) is 20.4 Å². The zero-order chi connectivity index (χ0) is 16.4. The van der Waals surface area contributed by atoms with Crippen molar-refractivity contribution in [2.45, 2.75) is 19.4 Å². The van der Waals surface area contributed by atoms with Crippen LogP contribution in [0.15, 0.2) is 24.5 Å². The van der Waals surface area contributed by atoms with Crippen molar-refractivity contribution in [2.75, 3.05) is 25.0 Å². The van der Waals surface area contributed by atoms with Crippen LogP contribution in [0.4, 0.5) is 5.95 Å². The minimum absolute atomic E-state index is 0.0710. The van der Waals surface area contributed by atoms with E-state index in [9.17, 15) is 9.90 Å². The molecule has 2 N–H and O–H groups in total. The normalized spacial score (nSPS) is 20.7. The number of nitrogens with one attached hydrogen (secondary N) is 1. The lowest BCUT2D eigenvalue weighted by molar-refractivity contribution is -0.122. The van der Waals surface area contributed by atoms with Crippen LogP contribution in [0.1, 0.15) is 12.1 Å². The first-order valence-corrected chi connectivity index (χ1v) is 7.56. The second-order valence-electron chi connectivity index (χ2n) is 5.73. The molecule has 0 spiro atoms. The number of carbonyl (C=O) groups excluding carboxylic acids is 1. The standard InChI is InChI=1S/C15H20N6O2/c1-10-6-13(21-5-3-4-17-21)19-15(18-10)20-8-11(12(22)9-20)7-14(23)16-2/h3-6,11-12,22H,7-9H2,1-2H3,(H,16,23)/t11-,12-/m1/s1. The smallest absolute Gasteiger partial charge is 0.227 e. The van der Waals surface area contributed by atoms with Gasteiger partial charge in [-0.1, -0.05) is 0 Å². The Kier molecular flexibility index (Phi) is 4.24.